The lowest BCUT2D eigenvalue weighted by Gasteiger charge is -2.20. The summed E-state index contributed by atoms with van der Waals surface area (Å²) in [5.41, 5.74) is 0.787. The first-order valence-corrected chi connectivity index (χ1v) is 7.19. The Morgan fingerprint density at radius 2 is 2.24 bits per heavy atom. The van der Waals surface area contributed by atoms with Gasteiger partial charge in [0, 0.05) is 16.1 Å². The van der Waals surface area contributed by atoms with E-state index in [0.717, 1.165) is 28.9 Å². The van der Waals surface area contributed by atoms with Crippen molar-refractivity contribution < 1.29 is 4.39 Å². The van der Waals surface area contributed by atoms with Crippen molar-refractivity contribution in [1.82, 2.24) is 5.32 Å². The average Bonchev–Trinajstić information content (AvgIpc) is 3.09. The third-order valence-corrected chi connectivity index (χ3v) is 4.05. The largest absolute Gasteiger partial charge is 0.310 e. The summed E-state index contributed by atoms with van der Waals surface area (Å²) < 4.78 is 14.8. The number of benzene rings is 1. The number of hydrogen-bond acceptors (Lipinski definition) is 1. The van der Waals surface area contributed by atoms with Crippen LogP contribution in [-0.2, 0) is 0 Å². The van der Waals surface area contributed by atoms with Crippen LogP contribution in [0.3, 0.4) is 0 Å². The second-order valence-electron chi connectivity index (χ2n) is 4.77. The predicted octanol–water partition coefficient (Wildman–Crippen LogP) is 4.43. The second kappa shape index (κ2) is 5.96. The van der Waals surface area contributed by atoms with E-state index in [1.54, 1.807) is 12.1 Å². The van der Waals surface area contributed by atoms with Crippen molar-refractivity contribution in [1.29, 1.82) is 0 Å². The molecule has 0 amide bonds. The summed E-state index contributed by atoms with van der Waals surface area (Å²) in [6, 6.07) is 5.34. The van der Waals surface area contributed by atoms with Crippen molar-refractivity contribution in [3.8, 4) is 0 Å². The van der Waals surface area contributed by atoms with Crippen LogP contribution in [0, 0.1) is 11.7 Å². The Bertz CT molecular complexity index is 356. The minimum atomic E-state index is -0.110. The summed E-state index contributed by atoms with van der Waals surface area (Å²) >= 11 is 3.46. The first-order valence-electron chi connectivity index (χ1n) is 6.39. The molecule has 1 aliphatic carbocycles. The topological polar surface area (TPSA) is 12.0 Å². The fraction of sp³-hybridized carbons (Fsp3) is 0.571. The maximum atomic E-state index is 13.9. The van der Waals surface area contributed by atoms with Gasteiger partial charge in [-0.25, -0.2) is 4.39 Å². The van der Waals surface area contributed by atoms with Crippen molar-refractivity contribution >= 4 is 15.9 Å². The van der Waals surface area contributed by atoms with E-state index in [-0.39, 0.29) is 11.9 Å². The molecule has 0 saturated heterocycles. The minimum Gasteiger partial charge on any atom is -0.310 e. The molecule has 0 bridgehead atoms. The Morgan fingerprint density at radius 3 is 2.82 bits per heavy atom. The van der Waals surface area contributed by atoms with Gasteiger partial charge in [0.1, 0.15) is 5.82 Å². The van der Waals surface area contributed by atoms with Crippen LogP contribution in [0.4, 0.5) is 4.39 Å². The zero-order valence-corrected chi connectivity index (χ0v) is 11.8. The first-order chi connectivity index (χ1) is 8.22. The summed E-state index contributed by atoms with van der Waals surface area (Å²) in [5, 5.41) is 3.39. The molecule has 1 saturated carbocycles. The van der Waals surface area contributed by atoms with E-state index in [1.165, 1.54) is 19.3 Å². The summed E-state index contributed by atoms with van der Waals surface area (Å²) in [5.74, 6) is 0.780. The molecular weight excluding hydrogens is 281 g/mol. The van der Waals surface area contributed by atoms with Crippen molar-refractivity contribution in [2.24, 2.45) is 5.92 Å². The van der Waals surface area contributed by atoms with E-state index in [1.807, 2.05) is 6.07 Å². The van der Waals surface area contributed by atoms with Crippen molar-refractivity contribution in [3.63, 3.8) is 0 Å². The van der Waals surface area contributed by atoms with Gasteiger partial charge in [0.25, 0.3) is 0 Å². The van der Waals surface area contributed by atoms with E-state index >= 15 is 0 Å². The van der Waals surface area contributed by atoms with E-state index in [0.29, 0.717) is 0 Å². The molecular formula is C14H19BrFN. The maximum Gasteiger partial charge on any atom is 0.129 e. The zero-order chi connectivity index (χ0) is 12.3. The maximum absolute atomic E-state index is 13.9. The van der Waals surface area contributed by atoms with Gasteiger partial charge < -0.3 is 5.32 Å². The SMILES string of the molecule is CCNC(CCC1CC1)c1c(F)cccc1Br. The lowest BCUT2D eigenvalue weighted by atomic mass is 10.00. The van der Waals surface area contributed by atoms with E-state index in [4.69, 9.17) is 0 Å². The van der Waals surface area contributed by atoms with Gasteiger partial charge >= 0.3 is 0 Å². The smallest absolute Gasteiger partial charge is 0.129 e. The number of hydrogen-bond donors (Lipinski definition) is 1. The zero-order valence-electron chi connectivity index (χ0n) is 10.2. The van der Waals surface area contributed by atoms with Crippen molar-refractivity contribution in [3.05, 3.63) is 34.1 Å². The molecule has 1 N–H and O–H groups in total. The van der Waals surface area contributed by atoms with E-state index in [2.05, 4.69) is 28.2 Å². The highest BCUT2D eigenvalue weighted by Crippen LogP contribution is 2.37. The van der Waals surface area contributed by atoms with Crippen LogP contribution in [0.1, 0.15) is 44.2 Å². The first kappa shape index (κ1) is 13.0. The molecule has 0 radical (unpaired) electrons. The van der Waals surface area contributed by atoms with Crippen LogP contribution in [0.15, 0.2) is 22.7 Å². The lowest BCUT2D eigenvalue weighted by molar-refractivity contribution is 0.458. The highest BCUT2D eigenvalue weighted by Gasteiger charge is 2.24. The molecule has 1 aromatic carbocycles. The van der Waals surface area contributed by atoms with Gasteiger partial charge in [-0.05, 0) is 37.4 Å². The van der Waals surface area contributed by atoms with Crippen LogP contribution >= 0.6 is 15.9 Å². The Kier molecular flexibility index (Phi) is 4.57. The quantitative estimate of drug-likeness (QED) is 0.819. The van der Waals surface area contributed by atoms with Gasteiger partial charge in [0.15, 0.2) is 0 Å². The van der Waals surface area contributed by atoms with E-state index < -0.39 is 0 Å². The molecule has 94 valence electrons. The van der Waals surface area contributed by atoms with Crippen LogP contribution in [0.5, 0.6) is 0 Å². The third kappa shape index (κ3) is 3.52. The van der Waals surface area contributed by atoms with Gasteiger partial charge in [0.2, 0.25) is 0 Å². The second-order valence-corrected chi connectivity index (χ2v) is 5.62. The molecule has 1 unspecified atom stereocenters. The summed E-state index contributed by atoms with van der Waals surface area (Å²) in [6.07, 6.45) is 4.95. The monoisotopic (exact) mass is 299 g/mol. The molecule has 3 heteroatoms. The lowest BCUT2D eigenvalue weighted by Crippen LogP contribution is -2.22. The Hall–Kier alpha value is -0.410. The third-order valence-electron chi connectivity index (χ3n) is 3.36. The number of rotatable bonds is 6. The minimum absolute atomic E-state index is 0.110. The highest BCUT2D eigenvalue weighted by atomic mass is 79.9. The molecule has 1 aromatic rings. The average molecular weight is 300 g/mol. The number of nitrogens with one attached hydrogen (secondary N) is 1. The van der Waals surface area contributed by atoms with Crippen LogP contribution in [-0.4, -0.2) is 6.54 Å². The predicted molar refractivity (Wildman–Crippen MR) is 72.5 cm³/mol. The molecule has 1 aliphatic rings. The van der Waals surface area contributed by atoms with Crippen LogP contribution in [0.2, 0.25) is 0 Å². The molecule has 0 heterocycles. The Balaban J connectivity index is 2.11. The number of halogens is 2. The van der Waals surface area contributed by atoms with Gasteiger partial charge in [-0.3, -0.25) is 0 Å². The molecule has 1 nitrogen and oxygen atoms in total. The molecule has 0 spiro atoms. The fourth-order valence-corrected chi connectivity index (χ4v) is 2.87. The normalized spacial score (nSPS) is 17.1. The summed E-state index contributed by atoms with van der Waals surface area (Å²) in [4.78, 5) is 0. The van der Waals surface area contributed by atoms with Gasteiger partial charge in [0.05, 0.1) is 0 Å². The van der Waals surface area contributed by atoms with Crippen molar-refractivity contribution in [2.75, 3.05) is 6.54 Å². The van der Waals surface area contributed by atoms with Crippen molar-refractivity contribution in [2.45, 2.75) is 38.6 Å². The highest BCUT2D eigenvalue weighted by molar-refractivity contribution is 9.10. The fourth-order valence-electron chi connectivity index (χ4n) is 2.25. The van der Waals surface area contributed by atoms with E-state index in [9.17, 15) is 4.39 Å². The summed E-state index contributed by atoms with van der Waals surface area (Å²) in [7, 11) is 0. The van der Waals surface area contributed by atoms with Gasteiger partial charge in [-0.15, -0.1) is 0 Å². The molecule has 1 atom stereocenters. The molecule has 0 aromatic heterocycles. The van der Waals surface area contributed by atoms with Gasteiger partial charge in [-0.1, -0.05) is 41.8 Å². The van der Waals surface area contributed by atoms with Crippen LogP contribution in [0.25, 0.3) is 0 Å². The van der Waals surface area contributed by atoms with Gasteiger partial charge in [-0.2, -0.15) is 0 Å². The molecule has 0 aliphatic heterocycles. The van der Waals surface area contributed by atoms with Crippen LogP contribution < -0.4 is 5.32 Å². The molecule has 17 heavy (non-hydrogen) atoms. The summed E-state index contributed by atoms with van der Waals surface area (Å²) in [6.45, 7) is 2.94. The Labute approximate surface area is 111 Å². The molecule has 1 fully saturated rings. The standard InChI is InChI=1S/C14H19BrFN/c1-2-17-13(9-8-10-6-7-10)14-11(15)4-3-5-12(14)16/h3-5,10,13,17H,2,6-9H2,1H3. The Morgan fingerprint density at radius 1 is 1.47 bits per heavy atom. The molecule has 2 rings (SSSR count).